The van der Waals surface area contributed by atoms with E-state index in [-0.39, 0.29) is 18.5 Å². The van der Waals surface area contributed by atoms with Gasteiger partial charge in [0.25, 0.3) is 0 Å². The highest BCUT2D eigenvalue weighted by molar-refractivity contribution is 5.83. The smallest absolute Gasteiger partial charge is 0.240 e. The minimum Gasteiger partial charge on any atom is -0.392 e. The Labute approximate surface area is 181 Å². The van der Waals surface area contributed by atoms with Crippen LogP contribution in [0.5, 0.6) is 0 Å². The average Bonchev–Trinajstić information content (AvgIpc) is 3.14. The van der Waals surface area contributed by atoms with Crippen LogP contribution in [0.15, 0.2) is 84.9 Å². The zero-order valence-corrected chi connectivity index (χ0v) is 17.4. The highest BCUT2D eigenvalue weighted by atomic mass is 16.3. The lowest BCUT2D eigenvalue weighted by Gasteiger charge is -2.20. The van der Waals surface area contributed by atoms with Gasteiger partial charge in [0, 0.05) is 6.54 Å². The van der Waals surface area contributed by atoms with E-state index in [2.05, 4.69) is 15.6 Å². The van der Waals surface area contributed by atoms with Crippen LogP contribution in [0.2, 0.25) is 0 Å². The van der Waals surface area contributed by atoms with Crippen LogP contribution in [0.25, 0.3) is 11.0 Å². The first-order valence-corrected chi connectivity index (χ1v) is 10.4. The second-order valence-electron chi connectivity index (χ2n) is 7.56. The summed E-state index contributed by atoms with van der Waals surface area (Å²) in [6.45, 7) is 2.16. The molecule has 0 radical (unpaired) electrons. The van der Waals surface area contributed by atoms with E-state index < -0.39 is 6.10 Å². The molecule has 0 aliphatic rings. The Bertz CT molecular complexity index is 1100. The predicted octanol–water partition coefficient (Wildman–Crippen LogP) is 3.73. The van der Waals surface area contributed by atoms with Gasteiger partial charge in [0.2, 0.25) is 11.9 Å². The largest absolute Gasteiger partial charge is 0.392 e. The molecular weight excluding hydrogens is 388 g/mol. The van der Waals surface area contributed by atoms with Gasteiger partial charge in [-0.25, -0.2) is 4.98 Å². The number of rotatable bonds is 8. The number of hydrogen-bond acceptors (Lipinski definition) is 4. The van der Waals surface area contributed by atoms with Crippen LogP contribution in [0.3, 0.4) is 0 Å². The van der Waals surface area contributed by atoms with Crippen LogP contribution >= 0.6 is 0 Å². The molecule has 0 saturated carbocycles. The van der Waals surface area contributed by atoms with Crippen molar-refractivity contribution in [1.82, 2.24) is 14.9 Å². The number of carbonyl (C=O) groups excluding carboxylic acids is 1. The van der Waals surface area contributed by atoms with Crippen LogP contribution < -0.4 is 10.6 Å². The molecule has 3 N–H and O–H groups in total. The number of aromatic nitrogens is 2. The number of aliphatic hydroxyl groups is 1. The zero-order chi connectivity index (χ0) is 21.6. The number of para-hydroxylation sites is 2. The Morgan fingerprint density at radius 3 is 2.13 bits per heavy atom. The molecule has 158 valence electrons. The van der Waals surface area contributed by atoms with Gasteiger partial charge in [-0.1, -0.05) is 72.8 Å². The van der Waals surface area contributed by atoms with Crippen molar-refractivity contribution in [1.29, 1.82) is 0 Å². The Hall–Kier alpha value is -3.64. The van der Waals surface area contributed by atoms with Gasteiger partial charge >= 0.3 is 0 Å². The average molecular weight is 415 g/mol. The van der Waals surface area contributed by atoms with Gasteiger partial charge in [0.05, 0.1) is 23.2 Å². The van der Waals surface area contributed by atoms with E-state index in [1.165, 1.54) is 0 Å². The third-order valence-electron chi connectivity index (χ3n) is 5.08. The summed E-state index contributed by atoms with van der Waals surface area (Å²) in [5, 5.41) is 16.0. The Morgan fingerprint density at radius 2 is 1.52 bits per heavy atom. The van der Waals surface area contributed by atoms with E-state index >= 15 is 0 Å². The maximum Gasteiger partial charge on any atom is 0.240 e. The van der Waals surface area contributed by atoms with Crippen LogP contribution in [0, 0.1) is 0 Å². The molecule has 3 aromatic carbocycles. The molecule has 4 aromatic rings. The summed E-state index contributed by atoms with van der Waals surface area (Å²) in [5.74, 6) is 0.439. The molecule has 1 atom stereocenters. The first-order valence-electron chi connectivity index (χ1n) is 10.4. The van der Waals surface area contributed by atoms with Crippen molar-refractivity contribution in [2.45, 2.75) is 25.6 Å². The molecule has 6 nitrogen and oxygen atoms in total. The molecule has 0 fully saturated rings. The van der Waals surface area contributed by atoms with Crippen LogP contribution in [0.4, 0.5) is 5.95 Å². The summed E-state index contributed by atoms with van der Waals surface area (Å²) < 4.78 is 1.85. The molecule has 0 spiro atoms. The second-order valence-corrected chi connectivity index (χ2v) is 7.56. The molecule has 0 bridgehead atoms. The van der Waals surface area contributed by atoms with Gasteiger partial charge in [-0.15, -0.1) is 0 Å². The van der Waals surface area contributed by atoms with E-state index in [1.54, 1.807) is 6.92 Å². The fraction of sp³-hybridized carbons (Fsp3) is 0.200. The molecule has 0 saturated heterocycles. The molecule has 31 heavy (non-hydrogen) atoms. The van der Waals surface area contributed by atoms with Crippen molar-refractivity contribution in [3.63, 3.8) is 0 Å². The molecule has 0 unspecified atom stereocenters. The van der Waals surface area contributed by atoms with Gasteiger partial charge in [-0.3, -0.25) is 4.79 Å². The Kier molecular flexibility index (Phi) is 6.29. The predicted molar refractivity (Wildman–Crippen MR) is 123 cm³/mol. The summed E-state index contributed by atoms with van der Waals surface area (Å²) in [4.78, 5) is 17.8. The van der Waals surface area contributed by atoms with Crippen molar-refractivity contribution in [3.8, 4) is 0 Å². The maximum absolute atomic E-state index is 13.2. The number of anilines is 1. The molecule has 0 aliphatic carbocycles. The van der Waals surface area contributed by atoms with Crippen molar-refractivity contribution in [3.05, 3.63) is 96.1 Å². The summed E-state index contributed by atoms with van der Waals surface area (Å²) in [6.07, 6.45) is -0.525. The number of nitrogens with one attached hydrogen (secondary N) is 2. The SMILES string of the molecule is C[C@@H](O)CNc1nc2ccccc2n1CC(=O)NC(c1ccccc1)c1ccccc1. The summed E-state index contributed by atoms with van der Waals surface area (Å²) in [6, 6.07) is 27.3. The number of carbonyl (C=O) groups is 1. The second kappa shape index (κ2) is 9.45. The summed E-state index contributed by atoms with van der Waals surface area (Å²) in [5.41, 5.74) is 3.70. The molecule has 1 heterocycles. The molecule has 4 rings (SSSR count). The van der Waals surface area contributed by atoms with Crippen molar-refractivity contribution < 1.29 is 9.90 Å². The number of aliphatic hydroxyl groups excluding tert-OH is 1. The van der Waals surface area contributed by atoms with E-state index in [0.29, 0.717) is 12.5 Å². The molecule has 1 amide bonds. The normalized spacial score (nSPS) is 12.1. The monoisotopic (exact) mass is 414 g/mol. The Morgan fingerprint density at radius 1 is 0.935 bits per heavy atom. The lowest BCUT2D eigenvalue weighted by atomic mass is 9.99. The standard InChI is InChI=1S/C25H26N4O2/c1-18(30)16-26-25-27-21-14-8-9-15-22(21)29(25)17-23(31)28-24(19-10-4-2-5-11-19)20-12-6-3-7-13-20/h2-15,18,24,30H,16-17H2,1H3,(H,26,27)(H,28,31)/t18-/m1/s1. The first-order chi connectivity index (χ1) is 15.1. The minimum atomic E-state index is -0.525. The van der Waals surface area contributed by atoms with Crippen molar-refractivity contribution in [2.75, 3.05) is 11.9 Å². The quantitative estimate of drug-likeness (QED) is 0.410. The molecule has 6 heteroatoms. The fourth-order valence-electron chi connectivity index (χ4n) is 3.61. The van der Waals surface area contributed by atoms with Crippen molar-refractivity contribution in [2.24, 2.45) is 0 Å². The van der Waals surface area contributed by atoms with Gasteiger partial charge in [-0.2, -0.15) is 0 Å². The molecular formula is C25H26N4O2. The van der Waals surface area contributed by atoms with Crippen molar-refractivity contribution >= 4 is 22.9 Å². The van der Waals surface area contributed by atoms with E-state index in [9.17, 15) is 9.90 Å². The summed E-state index contributed by atoms with van der Waals surface area (Å²) >= 11 is 0. The highest BCUT2D eigenvalue weighted by Gasteiger charge is 2.19. The van der Waals surface area contributed by atoms with E-state index in [4.69, 9.17) is 0 Å². The Balaban J connectivity index is 1.61. The maximum atomic E-state index is 13.2. The molecule has 0 aliphatic heterocycles. The number of amides is 1. The van der Waals surface area contributed by atoms with Crippen LogP contribution in [0.1, 0.15) is 24.1 Å². The first kappa shape index (κ1) is 20.6. The van der Waals surface area contributed by atoms with Gasteiger partial charge in [-0.05, 0) is 30.2 Å². The van der Waals surface area contributed by atoms with Crippen LogP contribution in [-0.2, 0) is 11.3 Å². The number of imidazole rings is 1. The number of nitrogens with zero attached hydrogens (tertiary/aromatic N) is 2. The van der Waals surface area contributed by atoms with Gasteiger partial charge in [0.1, 0.15) is 6.54 Å². The third kappa shape index (κ3) is 4.92. The van der Waals surface area contributed by atoms with Gasteiger partial charge < -0.3 is 20.3 Å². The summed E-state index contributed by atoms with van der Waals surface area (Å²) in [7, 11) is 0. The lowest BCUT2D eigenvalue weighted by molar-refractivity contribution is -0.122. The lowest BCUT2D eigenvalue weighted by Crippen LogP contribution is -2.32. The number of fused-ring (bicyclic) bond motifs is 1. The minimum absolute atomic E-state index is 0.110. The zero-order valence-electron chi connectivity index (χ0n) is 17.4. The highest BCUT2D eigenvalue weighted by Crippen LogP contribution is 2.23. The van der Waals surface area contributed by atoms with E-state index in [1.807, 2.05) is 89.5 Å². The number of hydrogen-bond donors (Lipinski definition) is 3. The van der Waals surface area contributed by atoms with E-state index in [0.717, 1.165) is 22.2 Å². The van der Waals surface area contributed by atoms with Gasteiger partial charge in [0.15, 0.2) is 0 Å². The topological polar surface area (TPSA) is 79.2 Å². The third-order valence-corrected chi connectivity index (χ3v) is 5.08. The molecule has 1 aromatic heterocycles. The van der Waals surface area contributed by atoms with Crippen LogP contribution in [-0.4, -0.2) is 33.2 Å². The number of benzene rings is 3. The fourth-order valence-corrected chi connectivity index (χ4v) is 3.61.